The average molecular weight is 807 g/mol. The highest BCUT2D eigenvalue weighted by Gasteiger charge is 2.33. The number of ether oxygens (including phenoxy) is 1. The standard InChI is InChI=1S/C47H42N4O7S/c52-42-29-58-37-23-21-36(22-24-37)43(47(56)57)51-46(55)40(27-31-15-19-35(20-16-31)33-10-5-2-6-11-33)50-44(53)39(49-45(54)41(48-42)28-38-12-7-25-59-38)26-30-13-17-34(18-14-30)32-8-3-1-4-9-32/h1-25,39-41,43H,26-29H2,(H,48,52)(H,49,54)(H,50,53)(H,51,55)(H,56,57)/t39-,40+,41+,43?/m1/s1. The molecule has 8 rings (SSSR count). The molecule has 0 radical (unpaired) electrons. The molecule has 0 saturated carbocycles. The van der Waals surface area contributed by atoms with Gasteiger partial charge in [-0.1, -0.05) is 127 Å². The molecule has 59 heavy (non-hydrogen) atoms. The smallest absolute Gasteiger partial charge is 0.330 e. The second kappa shape index (κ2) is 18.9. The Morgan fingerprint density at radius 1 is 0.542 bits per heavy atom. The second-order valence-electron chi connectivity index (χ2n) is 14.2. The predicted octanol–water partition coefficient (Wildman–Crippen LogP) is 5.90. The first-order valence-electron chi connectivity index (χ1n) is 19.2. The van der Waals surface area contributed by atoms with Gasteiger partial charge in [0.05, 0.1) is 0 Å². The number of aliphatic carboxylic acids is 1. The fourth-order valence-corrected chi connectivity index (χ4v) is 7.63. The number of nitrogens with one attached hydrogen (secondary N) is 4. The molecule has 6 aromatic rings. The second-order valence-corrected chi connectivity index (χ2v) is 15.2. The lowest BCUT2D eigenvalue weighted by Crippen LogP contribution is -2.58. The molecule has 3 heterocycles. The van der Waals surface area contributed by atoms with E-state index in [-0.39, 0.29) is 30.6 Å². The highest BCUT2D eigenvalue weighted by atomic mass is 32.1. The molecule has 5 aromatic carbocycles. The third kappa shape index (κ3) is 10.7. The Bertz CT molecular complexity index is 2370. The molecule has 4 atom stereocenters. The largest absolute Gasteiger partial charge is 0.484 e. The molecule has 11 nitrogen and oxygen atoms in total. The number of benzene rings is 5. The third-order valence-electron chi connectivity index (χ3n) is 10.0. The first-order chi connectivity index (χ1) is 28.7. The minimum absolute atomic E-state index is 0.00919. The summed E-state index contributed by atoms with van der Waals surface area (Å²) in [6.45, 7) is -0.432. The van der Waals surface area contributed by atoms with Gasteiger partial charge in [0.15, 0.2) is 12.6 Å². The zero-order valence-corrected chi connectivity index (χ0v) is 32.7. The summed E-state index contributed by atoms with van der Waals surface area (Å²) in [6, 6.07) is 39.4. The van der Waals surface area contributed by atoms with Crippen LogP contribution in [0.5, 0.6) is 5.75 Å². The highest BCUT2D eigenvalue weighted by Crippen LogP contribution is 2.23. The number of hydrogen-bond acceptors (Lipinski definition) is 7. The van der Waals surface area contributed by atoms with Crippen LogP contribution in [-0.4, -0.2) is 59.4 Å². The molecule has 0 fully saturated rings. The molecule has 0 saturated heterocycles. The van der Waals surface area contributed by atoms with Gasteiger partial charge in [-0.15, -0.1) is 11.3 Å². The summed E-state index contributed by atoms with van der Waals surface area (Å²) in [4.78, 5) is 69.5. The zero-order chi connectivity index (χ0) is 41.1. The van der Waals surface area contributed by atoms with Gasteiger partial charge in [-0.2, -0.15) is 0 Å². The Balaban J connectivity index is 1.23. The maximum Gasteiger partial charge on any atom is 0.330 e. The van der Waals surface area contributed by atoms with Crippen LogP contribution in [0.3, 0.4) is 0 Å². The van der Waals surface area contributed by atoms with Crippen molar-refractivity contribution in [2.75, 3.05) is 6.61 Å². The number of carbonyl (C=O) groups excluding carboxylic acids is 4. The summed E-state index contributed by atoms with van der Waals surface area (Å²) in [5.74, 6) is -3.63. The van der Waals surface area contributed by atoms with Gasteiger partial charge >= 0.3 is 5.97 Å². The Morgan fingerprint density at radius 2 is 1.02 bits per heavy atom. The molecule has 2 bridgehead atoms. The predicted molar refractivity (Wildman–Crippen MR) is 225 cm³/mol. The van der Waals surface area contributed by atoms with Crippen LogP contribution in [0, 0.1) is 0 Å². The molecule has 2 aliphatic heterocycles. The number of thiophene rings is 1. The normalized spacial score (nSPS) is 18.9. The van der Waals surface area contributed by atoms with E-state index in [9.17, 15) is 29.1 Å². The summed E-state index contributed by atoms with van der Waals surface area (Å²) in [7, 11) is 0. The Kier molecular flexibility index (Phi) is 12.9. The number of carbonyl (C=O) groups is 5. The number of amides is 4. The molecule has 2 aliphatic rings. The summed E-state index contributed by atoms with van der Waals surface area (Å²) < 4.78 is 5.69. The minimum atomic E-state index is -1.48. The fourth-order valence-electron chi connectivity index (χ4n) is 6.87. The van der Waals surface area contributed by atoms with Gasteiger partial charge < -0.3 is 31.1 Å². The van der Waals surface area contributed by atoms with Crippen LogP contribution >= 0.6 is 11.3 Å². The lowest BCUT2D eigenvalue weighted by Gasteiger charge is -2.27. The van der Waals surface area contributed by atoms with Crippen LogP contribution in [0.2, 0.25) is 0 Å². The molecular formula is C47H42N4O7S. The lowest BCUT2D eigenvalue weighted by molar-refractivity contribution is -0.142. The van der Waals surface area contributed by atoms with Crippen LogP contribution in [0.15, 0.2) is 151 Å². The fraction of sp³-hybridized carbons (Fsp3) is 0.170. The van der Waals surface area contributed by atoms with Crippen molar-refractivity contribution < 1.29 is 33.8 Å². The summed E-state index contributed by atoms with van der Waals surface area (Å²) in [5.41, 5.74) is 5.62. The molecule has 1 unspecified atom stereocenters. The van der Waals surface area contributed by atoms with Gasteiger partial charge in [0, 0.05) is 24.1 Å². The van der Waals surface area contributed by atoms with Gasteiger partial charge in [-0.05, 0) is 62.5 Å². The molecule has 0 spiro atoms. The van der Waals surface area contributed by atoms with Crippen molar-refractivity contribution in [2.24, 2.45) is 0 Å². The van der Waals surface area contributed by atoms with E-state index >= 15 is 0 Å². The Labute approximate surface area is 345 Å². The molecule has 5 N–H and O–H groups in total. The van der Waals surface area contributed by atoms with E-state index < -0.39 is 60.4 Å². The number of hydrogen-bond donors (Lipinski definition) is 5. The first-order valence-corrected chi connectivity index (χ1v) is 20.0. The number of rotatable bonds is 9. The van der Waals surface area contributed by atoms with Gasteiger partial charge in [-0.25, -0.2) is 4.79 Å². The molecule has 4 amide bonds. The van der Waals surface area contributed by atoms with E-state index in [0.717, 1.165) is 32.7 Å². The summed E-state index contributed by atoms with van der Waals surface area (Å²) >= 11 is 1.43. The van der Waals surface area contributed by atoms with E-state index in [1.54, 1.807) is 0 Å². The SMILES string of the molecule is O=C1COc2ccc(cc2)C(C(=O)O)NC(=O)[C@H](Cc2ccc(-c3ccccc3)cc2)NC(=O)[C@@H](Cc2ccc(-c3ccccc3)cc2)NC(=O)[C@H](Cc2cccs2)N1. The number of carboxylic acid groups (broad SMARTS) is 1. The van der Waals surface area contributed by atoms with Gasteiger partial charge in [0.1, 0.15) is 23.9 Å². The first kappa shape index (κ1) is 40.2. The topological polar surface area (TPSA) is 163 Å². The van der Waals surface area contributed by atoms with Crippen LogP contribution in [0.25, 0.3) is 22.3 Å². The maximum absolute atomic E-state index is 14.5. The maximum atomic E-state index is 14.5. The zero-order valence-electron chi connectivity index (χ0n) is 31.9. The van der Waals surface area contributed by atoms with E-state index in [0.29, 0.717) is 5.56 Å². The Hall–Kier alpha value is -7.05. The number of fused-ring (bicyclic) bond motifs is 15. The molecule has 1 aromatic heterocycles. The third-order valence-corrected chi connectivity index (χ3v) is 10.9. The van der Waals surface area contributed by atoms with Gasteiger partial charge in [0.25, 0.3) is 5.91 Å². The minimum Gasteiger partial charge on any atom is -0.484 e. The number of carboxylic acids is 1. The Morgan fingerprint density at radius 3 is 1.49 bits per heavy atom. The van der Waals surface area contributed by atoms with Crippen molar-refractivity contribution in [1.29, 1.82) is 0 Å². The molecule has 0 aliphatic carbocycles. The molecule has 12 heteroatoms. The van der Waals surface area contributed by atoms with Gasteiger partial charge in [0.2, 0.25) is 17.7 Å². The summed E-state index contributed by atoms with van der Waals surface area (Å²) in [6.07, 6.45) is 0.207. The van der Waals surface area contributed by atoms with Crippen LogP contribution in [0.4, 0.5) is 0 Å². The molecule has 298 valence electrons. The quantitative estimate of drug-likeness (QED) is 0.114. The van der Waals surface area contributed by atoms with Gasteiger partial charge in [-0.3, -0.25) is 19.2 Å². The van der Waals surface area contributed by atoms with Crippen LogP contribution < -0.4 is 26.0 Å². The summed E-state index contributed by atoms with van der Waals surface area (Å²) in [5, 5.41) is 23.2. The van der Waals surface area contributed by atoms with Crippen molar-refractivity contribution in [3.05, 3.63) is 173 Å². The molecular weight excluding hydrogens is 765 g/mol. The van der Waals surface area contributed by atoms with E-state index in [1.807, 2.05) is 127 Å². The van der Waals surface area contributed by atoms with Crippen molar-refractivity contribution in [3.8, 4) is 28.0 Å². The van der Waals surface area contributed by atoms with E-state index in [2.05, 4.69) is 21.3 Å². The van der Waals surface area contributed by atoms with Crippen LogP contribution in [-0.2, 0) is 43.2 Å². The van der Waals surface area contributed by atoms with E-state index in [4.69, 9.17) is 4.74 Å². The average Bonchev–Trinajstić information content (AvgIpc) is 3.78. The van der Waals surface area contributed by atoms with E-state index in [1.165, 1.54) is 35.6 Å². The van der Waals surface area contributed by atoms with Crippen LogP contribution in [0.1, 0.15) is 27.6 Å². The monoisotopic (exact) mass is 806 g/mol. The van der Waals surface area contributed by atoms with Crippen molar-refractivity contribution in [2.45, 2.75) is 43.4 Å². The van der Waals surface area contributed by atoms with Crippen molar-refractivity contribution in [1.82, 2.24) is 21.3 Å². The van der Waals surface area contributed by atoms with Crippen molar-refractivity contribution >= 4 is 40.9 Å². The lowest BCUT2D eigenvalue weighted by atomic mass is 9.98. The van der Waals surface area contributed by atoms with Crippen molar-refractivity contribution in [3.63, 3.8) is 0 Å². The highest BCUT2D eigenvalue weighted by molar-refractivity contribution is 7.09.